The third kappa shape index (κ3) is 2.42. The molecule has 0 unspecified atom stereocenters. The lowest BCUT2D eigenvalue weighted by molar-refractivity contribution is 0.206. The maximum absolute atomic E-state index is 2.50. The van der Waals surface area contributed by atoms with E-state index in [1.54, 1.807) is 0 Å². The van der Waals surface area contributed by atoms with Crippen molar-refractivity contribution in [2.45, 2.75) is 17.8 Å². The summed E-state index contributed by atoms with van der Waals surface area (Å²) in [6.07, 6.45) is 0. The molecule has 0 aromatic rings. The molecule has 0 bridgehead atoms. The van der Waals surface area contributed by atoms with Crippen LogP contribution in [-0.2, 0) is 0 Å². The highest BCUT2D eigenvalue weighted by Crippen LogP contribution is 2.17. The quantitative estimate of drug-likeness (QED) is 0.523. The van der Waals surface area contributed by atoms with Gasteiger partial charge in [0.1, 0.15) is 0 Å². The Hall–Kier alpha value is 0.690. The maximum Gasteiger partial charge on any atom is 0.0364 e. The first-order valence-corrected chi connectivity index (χ1v) is 4.58. The monoisotopic (exact) mass is 238 g/mol. The van der Waals surface area contributed by atoms with Gasteiger partial charge in [0.2, 0.25) is 0 Å². The molecule has 0 atom stereocenters. The molecule has 1 aliphatic rings. The van der Waals surface area contributed by atoms with Crippen molar-refractivity contribution in [2.75, 3.05) is 19.6 Å². The molecule has 0 aliphatic carbocycles. The van der Waals surface area contributed by atoms with E-state index in [4.69, 9.17) is 0 Å². The van der Waals surface area contributed by atoms with Crippen LogP contribution in [0.1, 0.15) is 13.8 Å². The molecule has 0 saturated carbocycles. The van der Waals surface area contributed by atoms with Gasteiger partial charge in [-0.25, -0.2) is 0 Å². The largest absolute Gasteiger partial charge is 0.301 e. The summed E-state index contributed by atoms with van der Waals surface area (Å²) in [6, 6.07) is 0. The number of halogens is 1. The fraction of sp³-hybridized carbons (Fsp3) is 0.857. The summed E-state index contributed by atoms with van der Waals surface area (Å²) >= 11 is 2.50. The minimum Gasteiger partial charge on any atom is -0.301 e. The summed E-state index contributed by atoms with van der Waals surface area (Å²) in [5.41, 5.74) is 0. The molecule has 1 fully saturated rings. The first kappa shape index (κ1) is 7.79. The van der Waals surface area contributed by atoms with Crippen molar-refractivity contribution in [3.8, 4) is 0 Å². The second kappa shape index (κ2) is 3.19. The smallest absolute Gasteiger partial charge is 0.0364 e. The van der Waals surface area contributed by atoms with E-state index >= 15 is 0 Å². The lowest BCUT2D eigenvalue weighted by Crippen LogP contribution is -2.48. The van der Waals surface area contributed by atoms with E-state index < -0.39 is 0 Å². The Kier molecular flexibility index (Phi) is 2.76. The molecule has 0 amide bonds. The van der Waals surface area contributed by atoms with Gasteiger partial charge in [-0.05, 0) is 5.92 Å². The minimum atomic E-state index is 0.918. The third-order valence-corrected chi connectivity index (χ3v) is 2.24. The lowest BCUT2D eigenvalue weighted by Gasteiger charge is -2.36. The molecule has 1 radical (unpaired) electrons. The summed E-state index contributed by atoms with van der Waals surface area (Å²) in [6.45, 7) is 8.19. The summed E-state index contributed by atoms with van der Waals surface area (Å²) in [5, 5.41) is 0. The van der Waals surface area contributed by atoms with Crippen molar-refractivity contribution in [2.24, 2.45) is 0 Å². The fourth-order valence-electron chi connectivity index (χ4n) is 1.08. The van der Waals surface area contributed by atoms with Crippen LogP contribution in [0.4, 0.5) is 0 Å². The van der Waals surface area contributed by atoms with E-state index in [9.17, 15) is 0 Å². The molecule has 2 heteroatoms. The van der Waals surface area contributed by atoms with Gasteiger partial charge >= 0.3 is 0 Å². The Bertz CT molecular complexity index is 86.9. The zero-order valence-corrected chi connectivity index (χ0v) is 8.18. The minimum absolute atomic E-state index is 0.918. The van der Waals surface area contributed by atoms with Crippen molar-refractivity contribution in [3.63, 3.8) is 0 Å². The van der Waals surface area contributed by atoms with Gasteiger partial charge in [0.15, 0.2) is 0 Å². The average molecular weight is 238 g/mol. The summed E-state index contributed by atoms with van der Waals surface area (Å²) in [4.78, 5) is 2.48. The van der Waals surface area contributed by atoms with Gasteiger partial charge in [0.25, 0.3) is 0 Å². The highest BCUT2D eigenvalue weighted by atomic mass is 127. The third-order valence-electron chi connectivity index (χ3n) is 1.45. The molecular formula is C7H13IN. The molecule has 1 nitrogen and oxygen atoms in total. The number of nitrogens with zero attached hydrogens (tertiary/aromatic N) is 1. The predicted molar refractivity (Wildman–Crippen MR) is 48.8 cm³/mol. The molecule has 1 saturated heterocycles. The normalized spacial score (nSPS) is 22.7. The number of hydrogen-bond acceptors (Lipinski definition) is 1. The van der Waals surface area contributed by atoms with Crippen LogP contribution >= 0.6 is 22.6 Å². The van der Waals surface area contributed by atoms with E-state index in [-0.39, 0.29) is 0 Å². The molecule has 0 aromatic heterocycles. The molecule has 53 valence electrons. The topological polar surface area (TPSA) is 3.24 Å². The Morgan fingerprint density at radius 2 is 2.11 bits per heavy atom. The van der Waals surface area contributed by atoms with Gasteiger partial charge < -0.3 is 4.90 Å². The van der Waals surface area contributed by atoms with E-state index in [2.05, 4.69) is 41.3 Å². The Balaban J connectivity index is 2.04. The molecule has 1 rings (SSSR count). The van der Waals surface area contributed by atoms with Gasteiger partial charge in [-0.1, -0.05) is 36.4 Å². The van der Waals surface area contributed by atoms with E-state index in [1.807, 2.05) is 0 Å². The van der Waals surface area contributed by atoms with Crippen LogP contribution in [0.25, 0.3) is 0 Å². The second-order valence-corrected chi connectivity index (χ2v) is 4.76. The Morgan fingerprint density at radius 1 is 1.56 bits per heavy atom. The molecule has 1 aliphatic heterocycles. The first-order chi connectivity index (χ1) is 4.18. The fourth-order valence-corrected chi connectivity index (χ4v) is 2.20. The summed E-state index contributed by atoms with van der Waals surface area (Å²) in [7, 11) is 0. The van der Waals surface area contributed by atoms with Crippen LogP contribution in [-0.4, -0.2) is 28.5 Å². The lowest BCUT2D eigenvalue weighted by atomic mass is 10.1. The summed E-state index contributed by atoms with van der Waals surface area (Å²) in [5.74, 6) is 1.53. The van der Waals surface area contributed by atoms with Gasteiger partial charge in [0, 0.05) is 23.6 Å². The zero-order chi connectivity index (χ0) is 6.85. The van der Waals surface area contributed by atoms with Crippen LogP contribution in [0.3, 0.4) is 0 Å². The highest BCUT2D eigenvalue weighted by Gasteiger charge is 2.23. The van der Waals surface area contributed by atoms with Crippen molar-refractivity contribution in [3.05, 3.63) is 5.92 Å². The zero-order valence-electron chi connectivity index (χ0n) is 6.02. The first-order valence-electron chi connectivity index (χ1n) is 3.34. The number of alkyl halides is 1. The number of likely N-dealkylation sites (tertiary alicyclic amines) is 1. The van der Waals surface area contributed by atoms with E-state index in [0.29, 0.717) is 0 Å². The van der Waals surface area contributed by atoms with E-state index in [1.165, 1.54) is 25.6 Å². The maximum atomic E-state index is 2.50. The van der Waals surface area contributed by atoms with Crippen molar-refractivity contribution < 1.29 is 0 Å². The van der Waals surface area contributed by atoms with Crippen molar-refractivity contribution >= 4 is 22.6 Å². The van der Waals surface area contributed by atoms with Crippen LogP contribution in [0, 0.1) is 5.92 Å². The van der Waals surface area contributed by atoms with E-state index in [0.717, 1.165) is 3.92 Å². The van der Waals surface area contributed by atoms with Crippen molar-refractivity contribution in [1.82, 2.24) is 4.90 Å². The Morgan fingerprint density at radius 3 is 2.44 bits per heavy atom. The molecule has 1 heterocycles. The van der Waals surface area contributed by atoms with Crippen LogP contribution in [0.2, 0.25) is 0 Å². The predicted octanol–water partition coefficient (Wildman–Crippen LogP) is 1.72. The molecule has 0 N–H and O–H groups in total. The number of rotatable bonds is 2. The van der Waals surface area contributed by atoms with Crippen LogP contribution < -0.4 is 0 Å². The van der Waals surface area contributed by atoms with Gasteiger partial charge in [-0.15, -0.1) is 0 Å². The summed E-state index contributed by atoms with van der Waals surface area (Å²) < 4.78 is 0.918. The highest BCUT2D eigenvalue weighted by molar-refractivity contribution is 14.1. The van der Waals surface area contributed by atoms with Crippen molar-refractivity contribution in [1.29, 1.82) is 0 Å². The Labute approximate surface area is 70.9 Å². The second-order valence-electron chi connectivity index (χ2n) is 3.00. The van der Waals surface area contributed by atoms with Gasteiger partial charge in [-0.2, -0.15) is 0 Å². The molecule has 9 heavy (non-hydrogen) atoms. The molecule has 0 aromatic carbocycles. The molecular weight excluding hydrogens is 225 g/mol. The average Bonchev–Trinajstić information content (AvgIpc) is 1.60. The van der Waals surface area contributed by atoms with Gasteiger partial charge in [-0.3, -0.25) is 0 Å². The van der Waals surface area contributed by atoms with Gasteiger partial charge in [0.05, 0.1) is 0 Å². The van der Waals surface area contributed by atoms with Crippen LogP contribution in [0.5, 0.6) is 0 Å². The number of hydrogen-bond donors (Lipinski definition) is 0. The molecule has 0 spiro atoms. The SMILES string of the molecule is C[C](C)CN1CC(I)C1. The standard InChI is InChI=1S/C7H13IN/c1-6(2)3-9-4-7(8)5-9/h7H,3-5H2,1-2H3. The van der Waals surface area contributed by atoms with Crippen LogP contribution in [0.15, 0.2) is 0 Å².